The van der Waals surface area contributed by atoms with E-state index in [2.05, 4.69) is 107 Å². The molecule has 0 aromatic heterocycles. The van der Waals surface area contributed by atoms with Gasteiger partial charge >= 0.3 is 0 Å². The van der Waals surface area contributed by atoms with Gasteiger partial charge in [-0.3, -0.25) is 0 Å². The molecule has 0 N–H and O–H groups in total. The quantitative estimate of drug-likeness (QED) is 0.481. The van der Waals surface area contributed by atoms with Crippen LogP contribution in [0.25, 0.3) is 0 Å². The molecule has 1 aromatic carbocycles. The number of fused-ring (bicyclic) bond motifs is 1. The van der Waals surface area contributed by atoms with Gasteiger partial charge in [-0.15, -0.1) is 0 Å². The summed E-state index contributed by atoms with van der Waals surface area (Å²) in [5.74, 6) is 3.97. The topological polar surface area (TPSA) is 9.23 Å². The molecule has 1 aromatic rings. The minimum Gasteiger partial charge on any atom is -0.486 e. The van der Waals surface area contributed by atoms with Crippen LogP contribution in [0.3, 0.4) is 0 Å². The van der Waals surface area contributed by atoms with E-state index in [1.807, 2.05) is 0 Å². The van der Waals surface area contributed by atoms with Crippen molar-refractivity contribution in [3.63, 3.8) is 0 Å². The number of ether oxygens (including phenoxy) is 1. The summed E-state index contributed by atoms with van der Waals surface area (Å²) in [5, 5.41) is 0. The average Bonchev–Trinajstić information content (AvgIpc) is 2.57. The number of hydrogen-bond donors (Lipinski definition) is 0. The summed E-state index contributed by atoms with van der Waals surface area (Å²) in [4.78, 5) is 0. The second kappa shape index (κ2) is 7.69. The minimum atomic E-state index is -0.224. The van der Waals surface area contributed by atoms with Gasteiger partial charge in [-0.2, -0.15) is 0 Å². The molecule has 0 spiro atoms. The average molecular weight is 387 g/mol. The van der Waals surface area contributed by atoms with Gasteiger partial charge in [0.2, 0.25) is 0 Å². The first kappa shape index (κ1) is 23.3. The smallest absolute Gasteiger partial charge is 0.124 e. The number of benzene rings is 1. The van der Waals surface area contributed by atoms with Crippen LogP contribution in [-0.4, -0.2) is 5.60 Å². The molecule has 0 atom stereocenters. The maximum absolute atomic E-state index is 7.24. The molecule has 0 bridgehead atoms. The molecule has 0 amide bonds. The highest BCUT2D eigenvalue weighted by atomic mass is 16.5. The molecule has 1 heterocycles. The lowest BCUT2D eigenvalue weighted by Crippen LogP contribution is -2.76. The van der Waals surface area contributed by atoms with Crippen molar-refractivity contribution in [3.05, 3.63) is 29.8 Å². The van der Waals surface area contributed by atoms with Crippen molar-refractivity contribution in [2.24, 2.45) is 40.9 Å². The third-order valence-electron chi connectivity index (χ3n) is 8.30. The molecule has 0 radical (unpaired) electrons. The minimum absolute atomic E-state index is 0.0129. The van der Waals surface area contributed by atoms with E-state index < -0.39 is 0 Å². The molecule has 2 rings (SSSR count). The van der Waals surface area contributed by atoms with Crippen LogP contribution >= 0.6 is 0 Å². The molecule has 0 fully saturated rings. The van der Waals surface area contributed by atoms with E-state index in [-0.39, 0.29) is 16.4 Å². The Morgan fingerprint density at radius 1 is 0.571 bits per heavy atom. The molecular formula is C27H46O. The largest absolute Gasteiger partial charge is 0.486 e. The molecule has 0 saturated carbocycles. The Hall–Kier alpha value is -0.980. The van der Waals surface area contributed by atoms with Gasteiger partial charge in [-0.25, -0.2) is 0 Å². The lowest BCUT2D eigenvalue weighted by atomic mass is 9.35. The Balaban J connectivity index is 3.21. The van der Waals surface area contributed by atoms with Gasteiger partial charge in [0, 0.05) is 16.4 Å². The normalized spacial score (nSPS) is 20.4. The van der Waals surface area contributed by atoms with Crippen molar-refractivity contribution in [1.29, 1.82) is 0 Å². The van der Waals surface area contributed by atoms with Gasteiger partial charge < -0.3 is 4.74 Å². The third-order valence-corrected chi connectivity index (χ3v) is 8.30. The Morgan fingerprint density at radius 3 is 1.36 bits per heavy atom. The maximum atomic E-state index is 7.24. The first-order chi connectivity index (χ1) is 12.9. The highest BCUT2D eigenvalue weighted by Crippen LogP contribution is 2.71. The van der Waals surface area contributed by atoms with Crippen molar-refractivity contribution < 1.29 is 4.74 Å². The molecule has 1 aliphatic heterocycles. The van der Waals surface area contributed by atoms with E-state index in [1.165, 1.54) is 5.56 Å². The van der Waals surface area contributed by atoms with Crippen LogP contribution < -0.4 is 4.74 Å². The molecule has 160 valence electrons. The van der Waals surface area contributed by atoms with E-state index in [0.29, 0.717) is 35.5 Å². The van der Waals surface area contributed by atoms with Crippen molar-refractivity contribution in [2.45, 2.75) is 94.1 Å². The van der Waals surface area contributed by atoms with E-state index >= 15 is 0 Å². The highest BCUT2D eigenvalue weighted by Gasteiger charge is 2.73. The molecule has 0 aliphatic carbocycles. The summed E-state index contributed by atoms with van der Waals surface area (Å²) in [6.07, 6.45) is 0. The Bertz CT molecular complexity index is 639. The number of hydrogen-bond acceptors (Lipinski definition) is 1. The van der Waals surface area contributed by atoms with Gasteiger partial charge in [0.25, 0.3) is 0 Å². The van der Waals surface area contributed by atoms with E-state index in [9.17, 15) is 0 Å². The molecule has 1 aliphatic rings. The Labute approximate surface area is 175 Å². The molecule has 28 heavy (non-hydrogen) atoms. The summed E-state index contributed by atoms with van der Waals surface area (Å²) < 4.78 is 7.24. The van der Waals surface area contributed by atoms with Crippen LogP contribution in [0.4, 0.5) is 0 Å². The summed E-state index contributed by atoms with van der Waals surface area (Å²) >= 11 is 0. The lowest BCUT2D eigenvalue weighted by molar-refractivity contribution is -0.244. The van der Waals surface area contributed by atoms with Crippen LogP contribution in [0.5, 0.6) is 5.75 Å². The van der Waals surface area contributed by atoms with Gasteiger partial charge in [0.05, 0.1) is 0 Å². The zero-order valence-electron chi connectivity index (χ0n) is 20.7. The molecule has 0 saturated heterocycles. The van der Waals surface area contributed by atoms with Gasteiger partial charge in [0.15, 0.2) is 0 Å². The second-order valence-corrected chi connectivity index (χ2v) is 11.1. The monoisotopic (exact) mass is 386 g/mol. The third kappa shape index (κ3) is 2.56. The van der Waals surface area contributed by atoms with Crippen LogP contribution in [-0.2, 0) is 5.41 Å². The van der Waals surface area contributed by atoms with E-state index in [4.69, 9.17) is 4.74 Å². The predicted octanol–water partition coefficient (Wildman–Crippen LogP) is 7.98. The molecule has 0 unspecified atom stereocenters. The fourth-order valence-corrected chi connectivity index (χ4v) is 8.34. The van der Waals surface area contributed by atoms with Crippen LogP contribution in [0.15, 0.2) is 24.3 Å². The summed E-state index contributed by atoms with van der Waals surface area (Å²) in [6, 6.07) is 8.94. The van der Waals surface area contributed by atoms with Gasteiger partial charge in [0.1, 0.15) is 11.4 Å². The van der Waals surface area contributed by atoms with Gasteiger partial charge in [-0.1, -0.05) is 101 Å². The molecule has 1 heteroatoms. The second-order valence-electron chi connectivity index (χ2n) is 11.1. The zero-order chi connectivity index (χ0) is 21.7. The Kier molecular flexibility index (Phi) is 6.40. The van der Waals surface area contributed by atoms with Crippen LogP contribution in [0.2, 0.25) is 0 Å². The summed E-state index contributed by atoms with van der Waals surface area (Å²) in [6.45, 7) is 29.2. The Morgan fingerprint density at radius 2 is 1.00 bits per heavy atom. The van der Waals surface area contributed by atoms with Crippen LogP contribution in [0.1, 0.15) is 88.6 Å². The fraction of sp³-hybridized carbons (Fsp3) is 0.778. The van der Waals surface area contributed by atoms with Crippen LogP contribution in [0, 0.1) is 40.9 Å². The predicted molar refractivity (Wildman–Crippen MR) is 123 cm³/mol. The summed E-state index contributed by atoms with van der Waals surface area (Å²) in [7, 11) is 0. The van der Waals surface area contributed by atoms with Gasteiger partial charge in [-0.05, 0) is 41.6 Å². The maximum Gasteiger partial charge on any atom is 0.124 e. The lowest BCUT2D eigenvalue weighted by Gasteiger charge is -2.72. The first-order valence-electron chi connectivity index (χ1n) is 11.6. The van der Waals surface area contributed by atoms with Crippen molar-refractivity contribution in [3.8, 4) is 5.75 Å². The fourth-order valence-electron chi connectivity index (χ4n) is 8.34. The highest BCUT2D eigenvalue weighted by molar-refractivity contribution is 5.48. The SMILES string of the molecule is CC(C)C1(C(C)C)Oc2ccccc2C(C(C)C)(C(C)C)C1(C(C)C)C(C)C. The van der Waals surface area contributed by atoms with E-state index in [1.54, 1.807) is 0 Å². The van der Waals surface area contributed by atoms with Crippen molar-refractivity contribution in [1.82, 2.24) is 0 Å². The first-order valence-corrected chi connectivity index (χ1v) is 11.6. The zero-order valence-corrected chi connectivity index (χ0v) is 20.7. The number of para-hydroxylation sites is 1. The van der Waals surface area contributed by atoms with Crippen molar-refractivity contribution >= 4 is 0 Å². The molecule has 1 nitrogen and oxygen atoms in total. The summed E-state index contributed by atoms with van der Waals surface area (Å²) in [5.41, 5.74) is 1.26. The van der Waals surface area contributed by atoms with E-state index in [0.717, 1.165) is 5.75 Å². The molecular weight excluding hydrogens is 340 g/mol. The van der Waals surface area contributed by atoms with Crippen molar-refractivity contribution in [2.75, 3.05) is 0 Å². The number of rotatable bonds is 6. The standard InChI is InChI=1S/C27H46O/c1-17(2)25(18(3)4)23-15-13-14-16-24(23)28-27(21(9)10,22(11)12)26(25,19(5)6)20(7)8/h13-22H,1-12H3.